The maximum absolute atomic E-state index is 9.70. The van der Waals surface area contributed by atoms with Crippen molar-refractivity contribution in [1.82, 2.24) is 4.90 Å². The number of nitrogens with zero attached hydrogens (tertiary/aromatic N) is 1. The fourth-order valence-electron chi connectivity index (χ4n) is 1.81. The number of ether oxygens (including phenoxy) is 1. The standard InChI is InChI=1S/C10H21NO2/c1-10(12)5-7-11(9-10)6-3-4-8-13-2/h12H,3-9H2,1-2H3. The molecule has 0 bridgehead atoms. The fraction of sp³-hybridized carbons (Fsp3) is 1.00. The average Bonchev–Trinajstić information content (AvgIpc) is 2.40. The molecule has 0 aliphatic carbocycles. The van der Waals surface area contributed by atoms with Crippen LogP contribution in [0.2, 0.25) is 0 Å². The van der Waals surface area contributed by atoms with E-state index in [2.05, 4.69) is 4.90 Å². The molecule has 0 spiro atoms. The van der Waals surface area contributed by atoms with Crippen LogP contribution in [0.1, 0.15) is 26.2 Å². The van der Waals surface area contributed by atoms with Gasteiger partial charge in [-0.1, -0.05) is 0 Å². The molecule has 1 heterocycles. The third-order valence-electron chi connectivity index (χ3n) is 2.60. The minimum Gasteiger partial charge on any atom is -0.389 e. The molecular weight excluding hydrogens is 166 g/mol. The zero-order valence-corrected chi connectivity index (χ0v) is 8.75. The number of unbranched alkanes of at least 4 members (excludes halogenated alkanes) is 1. The van der Waals surface area contributed by atoms with Crippen LogP contribution in [-0.4, -0.2) is 49.0 Å². The van der Waals surface area contributed by atoms with Crippen molar-refractivity contribution < 1.29 is 9.84 Å². The molecule has 3 nitrogen and oxygen atoms in total. The van der Waals surface area contributed by atoms with E-state index in [-0.39, 0.29) is 0 Å². The summed E-state index contributed by atoms with van der Waals surface area (Å²) in [6.45, 7) is 5.74. The Hall–Kier alpha value is -0.120. The number of hydrogen-bond donors (Lipinski definition) is 1. The van der Waals surface area contributed by atoms with Crippen LogP contribution in [0, 0.1) is 0 Å². The molecule has 0 aromatic carbocycles. The Balaban J connectivity index is 2.04. The zero-order chi connectivity index (χ0) is 9.73. The molecule has 1 aliphatic rings. The van der Waals surface area contributed by atoms with Gasteiger partial charge in [-0.05, 0) is 32.7 Å². The predicted molar refractivity (Wildman–Crippen MR) is 52.8 cm³/mol. The van der Waals surface area contributed by atoms with Gasteiger partial charge in [0.15, 0.2) is 0 Å². The predicted octanol–water partition coefficient (Wildman–Crippen LogP) is 0.870. The summed E-state index contributed by atoms with van der Waals surface area (Å²) < 4.78 is 4.98. The molecule has 78 valence electrons. The van der Waals surface area contributed by atoms with E-state index in [4.69, 9.17) is 4.74 Å². The molecule has 1 N–H and O–H groups in total. The van der Waals surface area contributed by atoms with Crippen LogP contribution in [0.5, 0.6) is 0 Å². The number of rotatable bonds is 5. The van der Waals surface area contributed by atoms with Gasteiger partial charge < -0.3 is 14.7 Å². The molecule has 1 atom stereocenters. The topological polar surface area (TPSA) is 32.7 Å². The van der Waals surface area contributed by atoms with Gasteiger partial charge in [0.1, 0.15) is 0 Å². The Morgan fingerprint density at radius 2 is 2.23 bits per heavy atom. The Morgan fingerprint density at radius 1 is 1.46 bits per heavy atom. The van der Waals surface area contributed by atoms with Gasteiger partial charge in [0, 0.05) is 26.8 Å². The summed E-state index contributed by atoms with van der Waals surface area (Å²) >= 11 is 0. The van der Waals surface area contributed by atoms with Crippen LogP contribution in [-0.2, 0) is 4.74 Å². The zero-order valence-electron chi connectivity index (χ0n) is 8.75. The van der Waals surface area contributed by atoms with E-state index in [1.165, 1.54) is 6.42 Å². The number of aliphatic hydroxyl groups is 1. The molecule has 0 radical (unpaired) electrons. The first-order valence-electron chi connectivity index (χ1n) is 5.08. The van der Waals surface area contributed by atoms with Gasteiger partial charge in [-0.2, -0.15) is 0 Å². The van der Waals surface area contributed by atoms with Gasteiger partial charge in [0.2, 0.25) is 0 Å². The van der Waals surface area contributed by atoms with Crippen LogP contribution in [0.15, 0.2) is 0 Å². The van der Waals surface area contributed by atoms with Gasteiger partial charge in [-0.15, -0.1) is 0 Å². The molecule has 0 aromatic heterocycles. The lowest BCUT2D eigenvalue weighted by molar-refractivity contribution is 0.0683. The highest BCUT2D eigenvalue weighted by Gasteiger charge is 2.30. The maximum Gasteiger partial charge on any atom is 0.0758 e. The number of hydrogen-bond acceptors (Lipinski definition) is 3. The van der Waals surface area contributed by atoms with E-state index in [0.29, 0.717) is 0 Å². The number of methoxy groups -OCH3 is 1. The fourth-order valence-corrected chi connectivity index (χ4v) is 1.81. The van der Waals surface area contributed by atoms with Crippen molar-refractivity contribution in [3.63, 3.8) is 0 Å². The molecule has 0 saturated carbocycles. The molecule has 1 aliphatic heterocycles. The van der Waals surface area contributed by atoms with Gasteiger partial charge >= 0.3 is 0 Å². The summed E-state index contributed by atoms with van der Waals surface area (Å²) in [5, 5.41) is 9.70. The summed E-state index contributed by atoms with van der Waals surface area (Å²) in [5.41, 5.74) is -0.443. The molecule has 1 unspecified atom stereocenters. The average molecular weight is 187 g/mol. The first-order chi connectivity index (χ1) is 6.14. The van der Waals surface area contributed by atoms with Gasteiger partial charge in [-0.25, -0.2) is 0 Å². The van der Waals surface area contributed by atoms with E-state index in [9.17, 15) is 5.11 Å². The smallest absolute Gasteiger partial charge is 0.0758 e. The molecule has 1 saturated heterocycles. The lowest BCUT2D eigenvalue weighted by Crippen LogP contribution is -2.30. The third kappa shape index (κ3) is 4.07. The first-order valence-corrected chi connectivity index (χ1v) is 5.08. The Bertz CT molecular complexity index is 148. The highest BCUT2D eigenvalue weighted by molar-refractivity contribution is 4.85. The second-order valence-electron chi connectivity index (χ2n) is 4.22. The van der Waals surface area contributed by atoms with Crippen LogP contribution in [0.4, 0.5) is 0 Å². The van der Waals surface area contributed by atoms with Crippen LogP contribution in [0.25, 0.3) is 0 Å². The quantitative estimate of drug-likeness (QED) is 0.648. The Labute approximate surface area is 80.7 Å². The number of β-amino-alcohol motifs (C(OH)–C–C–N with tert-alkyl or cyclic N) is 1. The van der Waals surface area contributed by atoms with Crippen molar-refractivity contribution in [2.24, 2.45) is 0 Å². The van der Waals surface area contributed by atoms with E-state index < -0.39 is 5.60 Å². The molecule has 1 rings (SSSR count). The summed E-state index contributed by atoms with van der Waals surface area (Å²) in [7, 11) is 1.74. The molecule has 0 aromatic rings. The molecule has 3 heteroatoms. The SMILES string of the molecule is COCCCCN1CCC(C)(O)C1. The minimum absolute atomic E-state index is 0.443. The van der Waals surface area contributed by atoms with Crippen molar-refractivity contribution in [1.29, 1.82) is 0 Å². The normalized spacial score (nSPS) is 29.8. The van der Waals surface area contributed by atoms with Crippen LogP contribution in [0.3, 0.4) is 0 Å². The molecule has 0 amide bonds. The summed E-state index contributed by atoms with van der Waals surface area (Å²) in [6.07, 6.45) is 3.20. The second kappa shape index (κ2) is 4.94. The monoisotopic (exact) mass is 187 g/mol. The van der Waals surface area contributed by atoms with Crippen LogP contribution < -0.4 is 0 Å². The van der Waals surface area contributed by atoms with Crippen molar-refractivity contribution in [2.75, 3.05) is 33.4 Å². The Morgan fingerprint density at radius 3 is 2.77 bits per heavy atom. The molecular formula is C10H21NO2. The van der Waals surface area contributed by atoms with Crippen molar-refractivity contribution in [2.45, 2.75) is 31.8 Å². The lowest BCUT2D eigenvalue weighted by Gasteiger charge is -2.18. The first kappa shape index (κ1) is 11.0. The minimum atomic E-state index is -0.443. The van der Waals surface area contributed by atoms with Crippen molar-refractivity contribution in [3.05, 3.63) is 0 Å². The van der Waals surface area contributed by atoms with E-state index in [0.717, 1.165) is 39.1 Å². The van der Waals surface area contributed by atoms with E-state index in [1.807, 2.05) is 6.92 Å². The Kier molecular flexibility index (Phi) is 4.16. The van der Waals surface area contributed by atoms with Crippen LogP contribution >= 0.6 is 0 Å². The largest absolute Gasteiger partial charge is 0.389 e. The van der Waals surface area contributed by atoms with Gasteiger partial charge in [-0.3, -0.25) is 0 Å². The highest BCUT2D eigenvalue weighted by Crippen LogP contribution is 2.20. The van der Waals surface area contributed by atoms with Gasteiger partial charge in [0.05, 0.1) is 5.60 Å². The summed E-state index contributed by atoms with van der Waals surface area (Å²) in [6, 6.07) is 0. The van der Waals surface area contributed by atoms with Gasteiger partial charge in [0.25, 0.3) is 0 Å². The molecule has 13 heavy (non-hydrogen) atoms. The molecule has 1 fully saturated rings. The highest BCUT2D eigenvalue weighted by atomic mass is 16.5. The summed E-state index contributed by atoms with van der Waals surface area (Å²) in [4.78, 5) is 2.33. The third-order valence-corrected chi connectivity index (χ3v) is 2.60. The number of likely N-dealkylation sites (tertiary alicyclic amines) is 1. The summed E-state index contributed by atoms with van der Waals surface area (Å²) in [5.74, 6) is 0. The van der Waals surface area contributed by atoms with E-state index in [1.54, 1.807) is 7.11 Å². The second-order valence-corrected chi connectivity index (χ2v) is 4.22. The van der Waals surface area contributed by atoms with Crippen molar-refractivity contribution >= 4 is 0 Å². The van der Waals surface area contributed by atoms with E-state index >= 15 is 0 Å². The maximum atomic E-state index is 9.70. The van der Waals surface area contributed by atoms with Crippen molar-refractivity contribution in [3.8, 4) is 0 Å². The lowest BCUT2D eigenvalue weighted by atomic mass is 10.1.